The molecule has 6 nitrogen and oxygen atoms in total. The van der Waals surface area contributed by atoms with E-state index in [4.69, 9.17) is 19.8 Å². The van der Waals surface area contributed by atoms with Crippen LogP contribution in [0.2, 0.25) is 0 Å². The Morgan fingerprint density at radius 3 is 0.800 bits per heavy atom. The summed E-state index contributed by atoms with van der Waals surface area (Å²) in [4.78, 5) is 7.50. The fraction of sp³-hybridized carbons (Fsp3) is 1.00. The van der Waals surface area contributed by atoms with Crippen molar-refractivity contribution in [1.82, 2.24) is 0 Å². The predicted molar refractivity (Wildman–Crippen MR) is 53.8 cm³/mol. The largest absolute Gasteiger partial charge is 0.295 e. The van der Waals surface area contributed by atoms with Crippen LogP contribution in [0.15, 0.2) is 0 Å². The van der Waals surface area contributed by atoms with Gasteiger partial charge >= 0.3 is 0 Å². The van der Waals surface area contributed by atoms with Gasteiger partial charge in [0.05, 0.1) is 35.9 Å². The minimum absolute atomic E-state index is 0. The third-order valence-electron chi connectivity index (χ3n) is 0.422. The van der Waals surface area contributed by atoms with Gasteiger partial charge in [-0.2, -0.15) is 0 Å². The van der Waals surface area contributed by atoms with Gasteiger partial charge in [-0.05, 0) is 27.7 Å². The second-order valence-corrected chi connectivity index (χ2v) is 2.31. The maximum absolute atomic E-state index is 7.64. The normalized spacial score (nSPS) is 7.20. The molecular formula is C6H18Cl2O6Ti. The van der Waals surface area contributed by atoms with Crippen molar-refractivity contribution in [3.63, 3.8) is 0 Å². The molecule has 0 radical (unpaired) electrons. The average Bonchev–Trinajstić information content (AvgIpc) is 2.24. The molecule has 0 aliphatic rings. The molecule has 0 aliphatic heterocycles. The zero-order valence-corrected chi connectivity index (χ0v) is 12.1. The monoisotopic (exact) mass is 304 g/mol. The Morgan fingerprint density at radius 1 is 0.733 bits per heavy atom. The molecule has 15 heavy (non-hydrogen) atoms. The van der Waals surface area contributed by atoms with E-state index in [0.717, 1.165) is 0 Å². The third kappa shape index (κ3) is 100. The van der Waals surface area contributed by atoms with Crippen LogP contribution >= 0.6 is 23.7 Å². The maximum atomic E-state index is 7.64. The summed E-state index contributed by atoms with van der Waals surface area (Å²) in [7, 11) is 0. The molecule has 0 saturated heterocycles. The van der Waals surface area contributed by atoms with Gasteiger partial charge in [-0.3, -0.25) is 19.8 Å². The first kappa shape index (κ1) is 29.8. The second-order valence-electron chi connectivity index (χ2n) is 2.31. The van der Waals surface area contributed by atoms with Gasteiger partial charge in [0.2, 0.25) is 0 Å². The van der Waals surface area contributed by atoms with E-state index in [0.29, 0.717) is 0 Å². The van der Waals surface area contributed by atoms with Gasteiger partial charge in [0.15, 0.2) is 0 Å². The second kappa shape index (κ2) is 36.3. The summed E-state index contributed by atoms with van der Waals surface area (Å²) in [6, 6.07) is 0. The van der Waals surface area contributed by atoms with Gasteiger partial charge in [-0.25, -0.2) is 9.78 Å². The zero-order valence-electron chi connectivity index (χ0n) is 9.02. The fourth-order valence-electron chi connectivity index (χ4n) is 0. The first-order valence-electron chi connectivity index (χ1n) is 3.48. The summed E-state index contributed by atoms with van der Waals surface area (Å²) in [5.74, 6) is 0. The fourth-order valence-corrected chi connectivity index (χ4v) is 0. The van der Waals surface area contributed by atoms with E-state index in [9.17, 15) is 0 Å². The van der Waals surface area contributed by atoms with Crippen molar-refractivity contribution in [1.29, 1.82) is 0 Å². The summed E-state index contributed by atoms with van der Waals surface area (Å²) in [5, 5.41) is 15.3. The minimum atomic E-state index is -0.0602. The molecule has 0 unspecified atom stereocenters. The van der Waals surface area contributed by atoms with Crippen LogP contribution in [0.3, 0.4) is 0 Å². The molecule has 0 spiro atoms. The van der Waals surface area contributed by atoms with Crippen molar-refractivity contribution in [3.05, 3.63) is 0 Å². The first-order chi connectivity index (χ1) is 6.54. The average molecular weight is 305 g/mol. The molecule has 0 heterocycles. The summed E-state index contributed by atoms with van der Waals surface area (Å²) in [5.41, 5.74) is 0. The Kier molecular flexibility index (Phi) is 72.0. The van der Waals surface area contributed by atoms with E-state index in [-0.39, 0.29) is 33.9 Å². The molecule has 0 rings (SSSR count). The van der Waals surface area contributed by atoms with Crippen LogP contribution in [0.4, 0.5) is 0 Å². The van der Waals surface area contributed by atoms with E-state index in [2.05, 4.69) is 33.5 Å². The molecule has 96 valence electrons. The maximum Gasteiger partial charge on any atom is 0.0871 e. The smallest absolute Gasteiger partial charge is 0.0871 e. The van der Waals surface area contributed by atoms with Gasteiger partial charge in [0, 0.05) is 21.7 Å². The van der Waals surface area contributed by atoms with Crippen molar-refractivity contribution in [2.45, 2.75) is 39.9 Å². The van der Waals surface area contributed by atoms with Crippen LogP contribution in [-0.2, 0) is 31.5 Å². The van der Waals surface area contributed by atoms with Crippen molar-refractivity contribution in [2.24, 2.45) is 0 Å². The molecule has 0 amide bonds. The predicted octanol–water partition coefficient (Wildman–Crippen LogP) is 2.03. The van der Waals surface area contributed by atoms with Crippen molar-refractivity contribution in [3.8, 4) is 0 Å². The molecule has 0 bridgehead atoms. The Bertz CT molecular complexity index is 61.6. The first-order valence-corrected chi connectivity index (χ1v) is 4.16. The molecule has 0 aliphatic carbocycles. The van der Waals surface area contributed by atoms with Gasteiger partial charge in [-0.1, -0.05) is 0 Å². The SMILES string of the molecule is CC(C)OO.CC(C)OO.OCl.OCl.[Ti]. The quantitative estimate of drug-likeness (QED) is 0.354. The van der Waals surface area contributed by atoms with Gasteiger partial charge in [-0.15, -0.1) is 0 Å². The van der Waals surface area contributed by atoms with Crippen LogP contribution in [0.5, 0.6) is 0 Å². The molecule has 0 aromatic heterocycles. The van der Waals surface area contributed by atoms with Crippen LogP contribution in [0, 0.1) is 0 Å². The summed E-state index contributed by atoms with van der Waals surface area (Å²) in [6.45, 7) is 7.00. The Labute approximate surface area is 115 Å². The molecule has 0 fully saturated rings. The van der Waals surface area contributed by atoms with Crippen molar-refractivity contribution < 1.29 is 51.3 Å². The van der Waals surface area contributed by atoms with Crippen LogP contribution in [0.1, 0.15) is 27.7 Å². The van der Waals surface area contributed by atoms with Gasteiger partial charge < -0.3 is 0 Å². The minimum Gasteiger partial charge on any atom is -0.295 e. The molecule has 0 saturated carbocycles. The van der Waals surface area contributed by atoms with E-state index in [1.807, 2.05) is 0 Å². The van der Waals surface area contributed by atoms with Crippen LogP contribution in [0.25, 0.3) is 0 Å². The van der Waals surface area contributed by atoms with E-state index >= 15 is 0 Å². The Balaban J connectivity index is -0.0000000318. The topological polar surface area (TPSA) is 99.4 Å². The Hall–Kier alpha value is 1.05. The number of halogens is 2. The molecule has 9 heteroatoms. The molecule has 0 aromatic carbocycles. The molecular weight excluding hydrogens is 287 g/mol. The van der Waals surface area contributed by atoms with Crippen LogP contribution in [-0.4, -0.2) is 32.0 Å². The van der Waals surface area contributed by atoms with E-state index < -0.39 is 0 Å². The standard InChI is InChI=1S/2C3H8O2.2ClHO.Ti/c2*1-3(2)5-4;2*1-2;/h2*3-4H,1-2H3;2*2H;. The zero-order chi connectivity index (χ0) is 12.6. The van der Waals surface area contributed by atoms with E-state index in [1.165, 1.54) is 0 Å². The van der Waals surface area contributed by atoms with Crippen LogP contribution < -0.4 is 0 Å². The van der Waals surface area contributed by atoms with Gasteiger partial charge in [0.1, 0.15) is 0 Å². The summed E-state index contributed by atoms with van der Waals surface area (Å²) in [6.07, 6.45) is -0.120. The van der Waals surface area contributed by atoms with Crippen molar-refractivity contribution >= 4 is 23.7 Å². The number of hydrogen-bond donors (Lipinski definition) is 4. The number of hydrogen-bond acceptors (Lipinski definition) is 6. The molecule has 4 N–H and O–H groups in total. The van der Waals surface area contributed by atoms with E-state index in [1.54, 1.807) is 27.7 Å². The Morgan fingerprint density at radius 2 is 0.800 bits per heavy atom. The third-order valence-corrected chi connectivity index (χ3v) is 0.422. The molecule has 0 aromatic rings. The summed E-state index contributed by atoms with van der Waals surface area (Å²) < 4.78 is 12.9. The van der Waals surface area contributed by atoms with Gasteiger partial charge in [0.25, 0.3) is 0 Å². The summed E-state index contributed by atoms with van der Waals surface area (Å²) >= 11 is 7.28. The molecule has 0 atom stereocenters. The van der Waals surface area contributed by atoms with Crippen molar-refractivity contribution in [2.75, 3.05) is 0 Å². The number of rotatable bonds is 2.